The first kappa shape index (κ1) is 19.2. The Kier molecular flexibility index (Phi) is 5.13. The fourth-order valence-corrected chi connectivity index (χ4v) is 3.77. The van der Waals surface area contributed by atoms with Gasteiger partial charge in [-0.25, -0.2) is 9.50 Å². The standard InChI is InChI=1S/C22H26N4O3/c1-13-11-21-23-15(3)18(16(4)26(21)25-13)6-8-22(27)24-14(2)17-5-7-19-20(12-17)29-10-9-28-19/h5,7,11-12,14H,6,8-10H2,1-4H3,(H,24,27). The van der Waals surface area contributed by atoms with Crippen molar-refractivity contribution < 1.29 is 14.3 Å². The second-order valence-electron chi connectivity index (χ2n) is 7.51. The van der Waals surface area contributed by atoms with Gasteiger partial charge in [-0.3, -0.25) is 4.79 Å². The van der Waals surface area contributed by atoms with E-state index in [-0.39, 0.29) is 11.9 Å². The Balaban J connectivity index is 1.42. The van der Waals surface area contributed by atoms with Gasteiger partial charge < -0.3 is 14.8 Å². The number of aromatic nitrogens is 3. The molecule has 152 valence electrons. The Morgan fingerprint density at radius 3 is 2.72 bits per heavy atom. The molecule has 1 aliphatic rings. The van der Waals surface area contributed by atoms with Crippen LogP contribution in [0.15, 0.2) is 24.3 Å². The van der Waals surface area contributed by atoms with Gasteiger partial charge in [0.2, 0.25) is 5.91 Å². The van der Waals surface area contributed by atoms with Crippen LogP contribution in [0.1, 0.15) is 47.6 Å². The van der Waals surface area contributed by atoms with Crippen LogP contribution in [-0.4, -0.2) is 33.7 Å². The average molecular weight is 394 g/mol. The average Bonchev–Trinajstić information content (AvgIpc) is 3.07. The van der Waals surface area contributed by atoms with E-state index in [0.29, 0.717) is 26.1 Å². The molecule has 0 fully saturated rings. The Hall–Kier alpha value is -3.09. The topological polar surface area (TPSA) is 77.8 Å². The number of hydrogen-bond acceptors (Lipinski definition) is 5. The van der Waals surface area contributed by atoms with Gasteiger partial charge in [0.15, 0.2) is 17.1 Å². The highest BCUT2D eigenvalue weighted by Gasteiger charge is 2.17. The van der Waals surface area contributed by atoms with Gasteiger partial charge in [0.05, 0.1) is 11.7 Å². The molecule has 3 heterocycles. The lowest BCUT2D eigenvalue weighted by atomic mass is 10.0. The van der Waals surface area contributed by atoms with Gasteiger partial charge in [-0.1, -0.05) is 6.07 Å². The molecular weight excluding hydrogens is 368 g/mol. The highest BCUT2D eigenvalue weighted by atomic mass is 16.6. The van der Waals surface area contributed by atoms with Crippen LogP contribution in [0.5, 0.6) is 11.5 Å². The lowest BCUT2D eigenvalue weighted by Gasteiger charge is -2.21. The van der Waals surface area contributed by atoms with Crippen molar-refractivity contribution in [1.29, 1.82) is 0 Å². The van der Waals surface area contributed by atoms with E-state index in [0.717, 1.165) is 45.4 Å². The van der Waals surface area contributed by atoms with E-state index in [1.165, 1.54) is 0 Å². The Labute approximate surface area is 170 Å². The highest BCUT2D eigenvalue weighted by Crippen LogP contribution is 2.32. The number of amides is 1. The number of nitrogens with one attached hydrogen (secondary N) is 1. The van der Waals surface area contributed by atoms with Gasteiger partial charge in [0, 0.05) is 23.9 Å². The molecule has 4 rings (SSSR count). The van der Waals surface area contributed by atoms with Crippen molar-refractivity contribution in [2.75, 3.05) is 13.2 Å². The van der Waals surface area contributed by atoms with Gasteiger partial charge in [0.25, 0.3) is 0 Å². The zero-order chi connectivity index (χ0) is 20.5. The molecule has 3 aromatic rings. The van der Waals surface area contributed by atoms with Gasteiger partial charge >= 0.3 is 0 Å². The van der Waals surface area contributed by atoms with Crippen LogP contribution in [0.2, 0.25) is 0 Å². The molecule has 1 aliphatic heterocycles. The first-order valence-corrected chi connectivity index (χ1v) is 9.93. The second kappa shape index (κ2) is 7.73. The van der Waals surface area contributed by atoms with Crippen molar-refractivity contribution in [2.24, 2.45) is 0 Å². The second-order valence-corrected chi connectivity index (χ2v) is 7.51. The molecule has 0 saturated heterocycles. The summed E-state index contributed by atoms with van der Waals surface area (Å²) in [4.78, 5) is 17.2. The predicted octanol–water partition coefficient (Wildman–Crippen LogP) is 3.24. The van der Waals surface area contributed by atoms with Gasteiger partial charge in [-0.05, 0) is 57.4 Å². The summed E-state index contributed by atoms with van der Waals surface area (Å²) in [6.45, 7) is 9.05. The summed E-state index contributed by atoms with van der Waals surface area (Å²) in [7, 11) is 0. The highest BCUT2D eigenvalue weighted by molar-refractivity contribution is 5.76. The van der Waals surface area contributed by atoms with E-state index in [4.69, 9.17) is 9.47 Å². The zero-order valence-corrected chi connectivity index (χ0v) is 17.3. The summed E-state index contributed by atoms with van der Waals surface area (Å²) >= 11 is 0. The van der Waals surface area contributed by atoms with E-state index in [1.807, 2.05) is 56.5 Å². The van der Waals surface area contributed by atoms with Crippen LogP contribution < -0.4 is 14.8 Å². The molecule has 29 heavy (non-hydrogen) atoms. The van der Waals surface area contributed by atoms with Crippen LogP contribution in [0, 0.1) is 20.8 Å². The van der Waals surface area contributed by atoms with Crippen LogP contribution in [-0.2, 0) is 11.2 Å². The quantitative estimate of drug-likeness (QED) is 0.719. The van der Waals surface area contributed by atoms with Crippen molar-refractivity contribution in [3.05, 3.63) is 52.5 Å². The zero-order valence-electron chi connectivity index (χ0n) is 17.3. The summed E-state index contributed by atoms with van der Waals surface area (Å²) in [5, 5.41) is 7.57. The van der Waals surface area contributed by atoms with Gasteiger partial charge in [-0.2, -0.15) is 5.10 Å². The fourth-order valence-electron chi connectivity index (χ4n) is 3.77. The van der Waals surface area contributed by atoms with Gasteiger partial charge in [-0.15, -0.1) is 0 Å². The lowest BCUT2D eigenvalue weighted by molar-refractivity contribution is -0.121. The van der Waals surface area contributed by atoms with Gasteiger partial charge in [0.1, 0.15) is 13.2 Å². The van der Waals surface area contributed by atoms with Crippen LogP contribution >= 0.6 is 0 Å². The lowest BCUT2D eigenvalue weighted by Crippen LogP contribution is -2.27. The molecule has 1 N–H and O–H groups in total. The van der Waals surface area contributed by atoms with Crippen LogP contribution in [0.25, 0.3) is 5.65 Å². The summed E-state index contributed by atoms with van der Waals surface area (Å²) < 4.78 is 13.0. The Morgan fingerprint density at radius 1 is 1.17 bits per heavy atom. The number of rotatable bonds is 5. The molecule has 7 heteroatoms. The summed E-state index contributed by atoms with van der Waals surface area (Å²) in [5.41, 5.74) is 5.82. The molecule has 1 aromatic carbocycles. The number of benzene rings is 1. The molecule has 0 spiro atoms. The largest absolute Gasteiger partial charge is 0.486 e. The Morgan fingerprint density at radius 2 is 1.93 bits per heavy atom. The molecule has 0 aliphatic carbocycles. The summed E-state index contributed by atoms with van der Waals surface area (Å²) in [5.74, 6) is 1.49. The third kappa shape index (κ3) is 3.90. The minimum Gasteiger partial charge on any atom is -0.486 e. The van der Waals surface area contributed by atoms with Crippen molar-refractivity contribution in [3.63, 3.8) is 0 Å². The third-order valence-corrected chi connectivity index (χ3v) is 5.33. The number of carbonyl (C=O) groups is 1. The summed E-state index contributed by atoms with van der Waals surface area (Å²) in [6.07, 6.45) is 1.02. The van der Waals surface area contributed by atoms with E-state index < -0.39 is 0 Å². The van der Waals surface area contributed by atoms with E-state index in [2.05, 4.69) is 15.4 Å². The number of hydrogen-bond donors (Lipinski definition) is 1. The maximum Gasteiger partial charge on any atom is 0.220 e. The minimum atomic E-state index is -0.116. The van der Waals surface area contributed by atoms with E-state index in [1.54, 1.807) is 0 Å². The van der Waals surface area contributed by atoms with Crippen molar-refractivity contribution >= 4 is 11.6 Å². The molecule has 1 atom stereocenters. The SMILES string of the molecule is Cc1cc2nc(C)c(CCC(=O)NC(C)c3ccc4c(c3)OCCO4)c(C)n2n1. The minimum absolute atomic E-state index is 0.00271. The molecule has 1 unspecified atom stereocenters. The van der Waals surface area contributed by atoms with Crippen LogP contribution in [0.3, 0.4) is 0 Å². The predicted molar refractivity (Wildman–Crippen MR) is 110 cm³/mol. The number of nitrogens with zero attached hydrogens (tertiary/aromatic N) is 3. The molecule has 0 saturated carbocycles. The smallest absolute Gasteiger partial charge is 0.220 e. The normalized spacial score (nSPS) is 14.1. The molecule has 1 amide bonds. The number of carbonyl (C=O) groups excluding carboxylic acids is 1. The monoisotopic (exact) mass is 394 g/mol. The molecule has 2 aromatic heterocycles. The summed E-state index contributed by atoms with van der Waals surface area (Å²) in [6, 6.07) is 7.64. The maximum absolute atomic E-state index is 12.6. The van der Waals surface area contributed by atoms with E-state index >= 15 is 0 Å². The molecule has 0 radical (unpaired) electrons. The third-order valence-electron chi connectivity index (χ3n) is 5.33. The molecular formula is C22H26N4O3. The van der Waals surface area contributed by atoms with Crippen LogP contribution in [0.4, 0.5) is 0 Å². The van der Waals surface area contributed by atoms with E-state index in [9.17, 15) is 4.79 Å². The first-order chi connectivity index (χ1) is 13.9. The number of aryl methyl sites for hydroxylation is 3. The van der Waals surface area contributed by atoms with Crippen molar-refractivity contribution in [2.45, 2.75) is 46.6 Å². The number of fused-ring (bicyclic) bond motifs is 2. The molecule has 0 bridgehead atoms. The molecule has 7 nitrogen and oxygen atoms in total. The van der Waals surface area contributed by atoms with Crippen molar-refractivity contribution in [3.8, 4) is 11.5 Å². The first-order valence-electron chi connectivity index (χ1n) is 9.93. The van der Waals surface area contributed by atoms with Crippen molar-refractivity contribution in [1.82, 2.24) is 19.9 Å². The maximum atomic E-state index is 12.6. The fraction of sp³-hybridized carbons (Fsp3) is 0.409. The number of ether oxygens (including phenoxy) is 2. The Bertz CT molecular complexity index is 1070.